The van der Waals surface area contributed by atoms with Crippen LogP contribution in [0.5, 0.6) is 11.5 Å². The zero-order valence-electron chi connectivity index (χ0n) is 80.0. The van der Waals surface area contributed by atoms with Gasteiger partial charge in [0.15, 0.2) is 34.4 Å². The van der Waals surface area contributed by atoms with Gasteiger partial charge in [-0.25, -0.2) is 65.8 Å². The number of aromatic nitrogens is 11. The molecule has 6 fully saturated rings. The van der Waals surface area contributed by atoms with Gasteiger partial charge in [0.2, 0.25) is 65.0 Å². The van der Waals surface area contributed by atoms with Crippen molar-refractivity contribution in [3.8, 4) is 11.5 Å². The Hall–Kier alpha value is -12.7. The molecular formula is C101H122F9N19O8. The molecular weight excluding hydrogens is 1780 g/mol. The highest BCUT2D eigenvalue weighted by Crippen LogP contribution is 2.56. The highest BCUT2D eigenvalue weighted by atomic mass is 19.4. The van der Waals surface area contributed by atoms with Gasteiger partial charge in [-0.2, -0.15) is 0 Å². The second-order valence-corrected chi connectivity index (χ2v) is 42.3. The summed E-state index contributed by atoms with van der Waals surface area (Å²) in [5, 5.41) is 24.4. The number of nitrogens with one attached hydrogen (secondary N) is 5. The number of carbonyl (C=O) groups is 5. The predicted molar refractivity (Wildman–Crippen MR) is 511 cm³/mol. The zero-order valence-corrected chi connectivity index (χ0v) is 80.0. The molecule has 6 saturated carbocycles. The van der Waals surface area contributed by atoms with Crippen LogP contribution in [0.2, 0.25) is 0 Å². The van der Waals surface area contributed by atoms with E-state index < -0.39 is 76.8 Å². The third-order valence-corrected chi connectivity index (χ3v) is 26.3. The van der Waals surface area contributed by atoms with E-state index in [2.05, 4.69) is 87.3 Å². The molecule has 2 unspecified atom stereocenters. The molecule has 11 aromatic rings. The first kappa shape index (κ1) is 103. The third-order valence-electron chi connectivity index (χ3n) is 26.3. The van der Waals surface area contributed by atoms with Crippen molar-refractivity contribution in [2.45, 2.75) is 311 Å². The number of benzene rings is 5. The molecule has 6 heterocycles. The minimum absolute atomic E-state index is 0. The van der Waals surface area contributed by atoms with Gasteiger partial charge >= 0.3 is 6.36 Å². The van der Waals surface area contributed by atoms with Gasteiger partial charge in [-0.05, 0) is 234 Å². The fourth-order valence-electron chi connectivity index (χ4n) is 17.8. The number of imidazole rings is 5. The molecule has 6 aliphatic carbocycles. The first-order valence-corrected chi connectivity index (χ1v) is 45.8. The van der Waals surface area contributed by atoms with E-state index in [0.717, 1.165) is 119 Å². The quantitative estimate of drug-likeness (QED) is 0.0288. The molecule has 5 amide bonds. The van der Waals surface area contributed by atoms with Crippen LogP contribution < -0.4 is 36.1 Å². The molecule has 0 saturated heterocycles. The molecule has 6 aliphatic rings. The Labute approximate surface area is 791 Å². The highest BCUT2D eigenvalue weighted by molar-refractivity contribution is 5.98. The van der Waals surface area contributed by atoms with Gasteiger partial charge in [0, 0.05) is 90.4 Å². The maximum Gasteiger partial charge on any atom is 0.573 e. The molecule has 137 heavy (non-hydrogen) atoms. The molecule has 0 aliphatic heterocycles. The molecule has 2 atom stereocenters. The van der Waals surface area contributed by atoms with Crippen molar-refractivity contribution >= 4 is 132 Å². The van der Waals surface area contributed by atoms with Gasteiger partial charge in [-0.1, -0.05) is 87.9 Å². The Morgan fingerprint density at radius 1 is 0.526 bits per heavy atom. The number of nitrogens with zero attached hydrogens (tertiary/aromatic N) is 14. The number of pyridine rings is 1. The lowest BCUT2D eigenvalue weighted by Crippen LogP contribution is -2.60. The number of aliphatic hydroxyl groups is 1. The SMILES string of the molecule is C.CC(C)(C)CC(=O)Nc1nc2cccc(OC(F)(F)F)c2n1C1CCC1.CC(C)(O)c1cc(F)c2nc(NC(=O)CC3CC(F)(F)C3(C)F)n(C3(C)CCC3)c2c1.[C-]#[N+]c1cc(F)c2nc(NC(=O)CC(C)(C)C)n(C3(C)CCC3)c2c1F.[C-]#[N+]c1cc(OC)c2nc(NC(=O)CC3(C)CC3)n(C(C)(C)C)c2c1.[C-]#[N+]c1ccc2nc(NC(=O)CC(C)(C)c3ccccn3)n(C3CCC3)c2c1. The van der Waals surface area contributed by atoms with E-state index >= 15 is 0 Å². The minimum atomic E-state index is -4.79. The van der Waals surface area contributed by atoms with Gasteiger partial charge in [0.05, 0.1) is 65.5 Å². The number of hydrogen-bond donors (Lipinski definition) is 6. The summed E-state index contributed by atoms with van der Waals surface area (Å²) in [5.41, 5.74) is 0.0955. The molecule has 6 aromatic heterocycles. The first-order valence-electron chi connectivity index (χ1n) is 45.8. The molecule has 732 valence electrons. The number of para-hydroxylation sites is 1. The average molecular weight is 1900 g/mol. The average Bonchev–Trinajstić information content (AvgIpc) is 1.34. The molecule has 17 rings (SSSR count). The van der Waals surface area contributed by atoms with E-state index in [1.54, 1.807) is 71.2 Å². The fourth-order valence-corrected chi connectivity index (χ4v) is 17.8. The van der Waals surface area contributed by atoms with Crippen LogP contribution in [0, 0.1) is 59.3 Å². The van der Waals surface area contributed by atoms with Crippen LogP contribution in [0.15, 0.2) is 91.1 Å². The maximum absolute atomic E-state index is 14.9. The van der Waals surface area contributed by atoms with Crippen molar-refractivity contribution in [2.75, 3.05) is 33.7 Å². The van der Waals surface area contributed by atoms with Crippen LogP contribution in [0.4, 0.5) is 86.3 Å². The Bertz CT molecular complexity index is 6550. The number of methoxy groups -OCH3 is 1. The van der Waals surface area contributed by atoms with Crippen molar-refractivity contribution in [1.29, 1.82) is 0 Å². The minimum Gasteiger partial charge on any atom is -0.496 e. The normalized spacial score (nSPS) is 18.0. The number of amides is 5. The topological polar surface area (TPSA) is 299 Å². The van der Waals surface area contributed by atoms with Gasteiger partial charge in [0.25, 0.3) is 5.92 Å². The van der Waals surface area contributed by atoms with Crippen molar-refractivity contribution in [2.24, 2.45) is 22.2 Å². The Morgan fingerprint density at radius 2 is 1.06 bits per heavy atom. The maximum atomic E-state index is 14.9. The van der Waals surface area contributed by atoms with Crippen molar-refractivity contribution in [3.63, 3.8) is 0 Å². The largest absolute Gasteiger partial charge is 0.573 e. The third kappa shape index (κ3) is 22.8. The zero-order chi connectivity index (χ0) is 99.5. The number of alkyl halides is 6. The standard InChI is InChI=1S/C22H27F4N3O2.C22H23N5O.C19H22F2N4O.C19H24N4O2.C18H22F3N3O2.CH4/c1-19(2,31)12-8-14(23)17-15(9-12)29(20(3)6-5-7-20)18(28-17)27-16(30)10-13-11-22(25,26)21(13,4)24;1-22(2,19-9-4-5-12-24-19)14-20(28)26-21-25-17-11-10-15(23-3)13-18(17)27(21)16-7-6-8-16;1-18(2,3)10-13(26)23-17-24-15-11(20)9-12(22-5)14(21)16(15)25(17)19(4)7-6-8-19;1-18(2,3)23-13-9-12(20-5)10-14(25-6)16(13)22-17(23)21-15(24)11-19(4)7-8-19;1-17(2,3)10-14(25)23-16-22-12-8-5-9-13(26-18(19,20)21)15(12)24(16)11-6-4-7-11;/h8-9,13,31H,5-7,10-11H2,1-4H3,(H,27,28,30);4-5,9-13,16H,6-8,14H2,1-2H3,(H,25,26,28);9H,6-8,10H2,1-4H3,(H,23,24,26);9-10H,7-8,11H2,1-4,6H3,(H,21,22,24);5,8-9,11H,4,6-7,10H2,1-3H3,(H,22,23,25);1H4. The number of hydrogen-bond acceptors (Lipinski definition) is 14. The molecule has 27 nitrogen and oxygen atoms in total. The second kappa shape index (κ2) is 38.7. The Balaban J connectivity index is 0.000000154. The van der Waals surface area contributed by atoms with Crippen molar-refractivity contribution in [1.82, 2.24) is 52.7 Å². The van der Waals surface area contributed by atoms with Crippen molar-refractivity contribution < 1.29 is 78.1 Å². The smallest absolute Gasteiger partial charge is 0.496 e. The summed E-state index contributed by atoms with van der Waals surface area (Å²) in [5.74, 6) is -6.16. The summed E-state index contributed by atoms with van der Waals surface area (Å²) < 4.78 is 142. The van der Waals surface area contributed by atoms with E-state index in [9.17, 15) is 68.6 Å². The van der Waals surface area contributed by atoms with E-state index in [1.807, 2.05) is 125 Å². The van der Waals surface area contributed by atoms with Crippen LogP contribution in [0.1, 0.15) is 277 Å². The first-order chi connectivity index (χ1) is 63.4. The Kier molecular flexibility index (Phi) is 29.2. The van der Waals surface area contributed by atoms with Crippen LogP contribution in [-0.2, 0) is 51.6 Å². The molecule has 0 radical (unpaired) electrons. The van der Waals surface area contributed by atoms with Gasteiger partial charge in [-0.3, -0.25) is 55.5 Å². The fraction of sp³-hybridized carbons (Fsp3) is 0.525. The van der Waals surface area contributed by atoms with E-state index in [-0.39, 0.29) is 128 Å². The van der Waals surface area contributed by atoms with Crippen LogP contribution in [0.3, 0.4) is 0 Å². The predicted octanol–water partition coefficient (Wildman–Crippen LogP) is 25.3. The number of fused-ring (bicyclic) bond motifs is 5. The molecule has 5 aromatic carbocycles. The van der Waals surface area contributed by atoms with Crippen molar-refractivity contribution in [3.05, 3.63) is 154 Å². The van der Waals surface area contributed by atoms with Crippen LogP contribution in [0.25, 0.3) is 69.7 Å². The summed E-state index contributed by atoms with van der Waals surface area (Å²) in [6.45, 7) is 53.4. The molecule has 36 heteroatoms. The summed E-state index contributed by atoms with van der Waals surface area (Å²) in [6.07, 6.45) is 10.4. The monoisotopic (exact) mass is 1900 g/mol. The highest BCUT2D eigenvalue weighted by Gasteiger charge is 2.67. The van der Waals surface area contributed by atoms with Gasteiger partial charge in [0.1, 0.15) is 33.6 Å². The Morgan fingerprint density at radius 3 is 1.57 bits per heavy atom. The van der Waals surface area contributed by atoms with E-state index in [1.165, 1.54) is 24.6 Å². The number of anilines is 5. The summed E-state index contributed by atoms with van der Waals surface area (Å²) >= 11 is 0. The summed E-state index contributed by atoms with van der Waals surface area (Å²) in [7, 11) is 1.56. The van der Waals surface area contributed by atoms with Gasteiger partial charge in [-0.15, -0.1) is 13.2 Å². The molecule has 0 spiro atoms. The molecule has 6 N–H and O–H groups in total. The second-order valence-electron chi connectivity index (χ2n) is 42.3. The van der Waals surface area contributed by atoms with Crippen LogP contribution >= 0.6 is 0 Å². The lowest BCUT2D eigenvalue weighted by molar-refractivity contribution is -0.274. The van der Waals surface area contributed by atoms with Crippen LogP contribution in [-0.4, -0.2) is 112 Å². The lowest BCUT2D eigenvalue weighted by Gasteiger charge is -2.47. The van der Waals surface area contributed by atoms with Gasteiger partial charge < -0.3 is 37.4 Å². The number of ether oxygens (including phenoxy) is 2. The van der Waals surface area contributed by atoms with E-state index in [4.69, 9.17) is 24.5 Å². The summed E-state index contributed by atoms with van der Waals surface area (Å²) in [6, 6.07) is 23.1. The van der Waals surface area contributed by atoms with E-state index in [0.29, 0.717) is 70.0 Å². The number of carbonyl (C=O) groups excluding carboxylic acids is 5. The number of rotatable bonds is 21. The molecule has 0 bridgehead atoms. The summed E-state index contributed by atoms with van der Waals surface area (Å²) in [4.78, 5) is 99.2. The lowest BCUT2D eigenvalue weighted by atomic mass is 9.67. The number of halogens is 9.